The molecule has 1 aliphatic rings. The van der Waals surface area contributed by atoms with Crippen LogP contribution in [-0.4, -0.2) is 0 Å². The number of benzene rings is 2. The third-order valence-corrected chi connectivity index (χ3v) is 4.53. The molecule has 0 saturated heterocycles. The molecule has 1 aliphatic heterocycles. The third-order valence-electron chi connectivity index (χ3n) is 2.78. The highest BCUT2D eigenvalue weighted by molar-refractivity contribution is 14.1. The molecule has 0 unspecified atom stereocenters. The van der Waals surface area contributed by atoms with Gasteiger partial charge in [0.1, 0.15) is 11.4 Å². The van der Waals surface area contributed by atoms with Gasteiger partial charge in [-0.3, -0.25) is 5.43 Å². The van der Waals surface area contributed by atoms with Crippen LogP contribution in [0.25, 0.3) is 5.70 Å². The summed E-state index contributed by atoms with van der Waals surface area (Å²) >= 11 is 4.59. The van der Waals surface area contributed by atoms with Crippen LogP contribution in [0.1, 0.15) is 5.56 Å². The molecule has 1 heterocycles. The maximum absolute atomic E-state index is 4.28. The quantitative estimate of drug-likeness (QED) is 0.629. The lowest BCUT2D eigenvalue weighted by Gasteiger charge is -2.23. The van der Waals surface area contributed by atoms with Gasteiger partial charge < -0.3 is 0 Å². The molecule has 0 aromatic heterocycles. The van der Waals surface area contributed by atoms with E-state index < -0.39 is 0 Å². The van der Waals surface area contributed by atoms with E-state index in [-0.39, 0.29) is 0 Å². The lowest BCUT2D eigenvalue weighted by molar-refractivity contribution is 0.715. The molecule has 2 aromatic rings. The Balaban J connectivity index is 1.86. The van der Waals surface area contributed by atoms with Gasteiger partial charge in [0.25, 0.3) is 0 Å². The number of hydrazine groups is 1. The first-order valence-corrected chi connectivity index (χ1v) is 8.09. The average molecular weight is 488 g/mol. The van der Waals surface area contributed by atoms with E-state index in [9.17, 15) is 0 Å². The van der Waals surface area contributed by atoms with Crippen molar-refractivity contribution in [2.75, 3.05) is 5.12 Å². The average Bonchev–Trinajstić information content (AvgIpc) is 2.49. The van der Waals surface area contributed by atoms with Gasteiger partial charge >= 0.3 is 0 Å². The molecule has 0 radical (unpaired) electrons. The number of anilines is 1. The molecule has 0 saturated carbocycles. The fourth-order valence-corrected chi connectivity index (χ4v) is 3.79. The van der Waals surface area contributed by atoms with Gasteiger partial charge in [-0.05, 0) is 62.5 Å². The molecule has 20 heavy (non-hydrogen) atoms. The van der Waals surface area contributed by atoms with E-state index in [0.29, 0.717) is 0 Å². The highest BCUT2D eigenvalue weighted by Gasteiger charge is 2.15. The van der Waals surface area contributed by atoms with E-state index in [0.717, 1.165) is 24.1 Å². The summed E-state index contributed by atoms with van der Waals surface area (Å²) in [5.41, 5.74) is 6.05. The van der Waals surface area contributed by atoms with Gasteiger partial charge in [0.2, 0.25) is 0 Å². The van der Waals surface area contributed by atoms with Crippen molar-refractivity contribution in [3.63, 3.8) is 0 Å². The predicted octanol–water partition coefficient (Wildman–Crippen LogP) is 4.59. The molecule has 0 atom stereocenters. The standard InChI is InChI=1S/C14H10I2N4/c15-11-7-4-8-12(16)14(11)20-17-9-13(18-19-20)10-5-2-1-3-6-10/h1-9,17H. The van der Waals surface area contributed by atoms with Crippen LogP contribution in [0.3, 0.4) is 0 Å². The highest BCUT2D eigenvalue weighted by Crippen LogP contribution is 2.29. The Morgan fingerprint density at radius 1 is 0.900 bits per heavy atom. The normalized spacial score (nSPS) is 13.9. The van der Waals surface area contributed by atoms with Gasteiger partial charge in [-0.25, -0.2) is 0 Å². The molecule has 0 bridgehead atoms. The first-order valence-electron chi connectivity index (χ1n) is 5.93. The summed E-state index contributed by atoms with van der Waals surface area (Å²) in [7, 11) is 0. The van der Waals surface area contributed by atoms with Crippen LogP contribution in [0.15, 0.2) is 65.1 Å². The number of para-hydroxylation sites is 1. The van der Waals surface area contributed by atoms with E-state index in [1.165, 1.54) is 0 Å². The number of halogens is 2. The minimum atomic E-state index is 0.822. The molecule has 3 rings (SSSR count). The van der Waals surface area contributed by atoms with E-state index in [1.54, 1.807) is 5.12 Å². The van der Waals surface area contributed by atoms with Gasteiger partial charge in [-0.2, -0.15) is 5.12 Å². The van der Waals surface area contributed by atoms with E-state index in [4.69, 9.17) is 0 Å². The van der Waals surface area contributed by atoms with Crippen LogP contribution in [0.5, 0.6) is 0 Å². The largest absolute Gasteiger partial charge is 0.281 e. The number of hydrogen-bond acceptors (Lipinski definition) is 4. The summed E-state index contributed by atoms with van der Waals surface area (Å²) in [4.78, 5) is 0. The second-order valence-corrected chi connectivity index (χ2v) is 6.42. The fourth-order valence-electron chi connectivity index (χ4n) is 1.82. The van der Waals surface area contributed by atoms with Crippen LogP contribution in [0.2, 0.25) is 0 Å². The summed E-state index contributed by atoms with van der Waals surface area (Å²) < 4.78 is 2.25. The zero-order valence-electron chi connectivity index (χ0n) is 10.3. The molecule has 4 nitrogen and oxygen atoms in total. The number of hydrogen-bond donors (Lipinski definition) is 1. The maximum atomic E-state index is 4.28. The van der Waals surface area contributed by atoms with Gasteiger partial charge in [-0.15, -0.1) is 5.11 Å². The van der Waals surface area contributed by atoms with Crippen LogP contribution in [0.4, 0.5) is 5.69 Å². The van der Waals surface area contributed by atoms with Gasteiger partial charge in [-0.1, -0.05) is 36.4 Å². The Labute approximate surface area is 144 Å². The molecule has 0 spiro atoms. The second-order valence-electron chi connectivity index (χ2n) is 4.10. The summed E-state index contributed by atoms with van der Waals surface area (Å²) in [6, 6.07) is 16.1. The monoisotopic (exact) mass is 488 g/mol. The van der Waals surface area contributed by atoms with E-state index in [2.05, 4.69) is 60.9 Å². The second kappa shape index (κ2) is 6.08. The molecule has 0 fully saturated rings. The molecule has 2 aromatic carbocycles. The minimum Gasteiger partial charge on any atom is -0.281 e. The van der Waals surface area contributed by atoms with Crippen molar-refractivity contribution in [1.82, 2.24) is 5.43 Å². The molecular weight excluding hydrogens is 478 g/mol. The Hall–Kier alpha value is -1.16. The van der Waals surface area contributed by atoms with Crippen LogP contribution in [-0.2, 0) is 0 Å². The van der Waals surface area contributed by atoms with E-state index in [1.807, 2.05) is 54.7 Å². The van der Waals surface area contributed by atoms with Gasteiger partial charge in [0, 0.05) is 18.9 Å². The topological polar surface area (TPSA) is 40.0 Å². The fraction of sp³-hybridized carbons (Fsp3) is 0. The number of nitrogens with one attached hydrogen (secondary N) is 1. The van der Waals surface area contributed by atoms with Crippen LogP contribution < -0.4 is 10.5 Å². The Morgan fingerprint density at radius 2 is 1.60 bits per heavy atom. The Kier molecular flexibility index (Phi) is 4.20. The van der Waals surface area contributed by atoms with Crippen molar-refractivity contribution in [2.45, 2.75) is 0 Å². The maximum Gasteiger partial charge on any atom is 0.112 e. The summed E-state index contributed by atoms with van der Waals surface area (Å²) in [5, 5.41) is 10.2. The summed E-state index contributed by atoms with van der Waals surface area (Å²) in [6.45, 7) is 0. The van der Waals surface area contributed by atoms with Gasteiger partial charge in [0.05, 0.1) is 0 Å². The number of rotatable bonds is 2. The number of nitrogens with zero attached hydrogens (tertiary/aromatic N) is 3. The smallest absolute Gasteiger partial charge is 0.112 e. The van der Waals surface area contributed by atoms with Crippen molar-refractivity contribution in [1.29, 1.82) is 0 Å². The molecule has 100 valence electrons. The molecule has 0 amide bonds. The molecule has 1 N–H and O–H groups in total. The summed E-state index contributed by atoms with van der Waals surface area (Å²) in [6.07, 6.45) is 1.86. The van der Waals surface area contributed by atoms with Crippen molar-refractivity contribution >= 4 is 56.6 Å². The lowest BCUT2D eigenvalue weighted by atomic mass is 10.2. The van der Waals surface area contributed by atoms with Crippen LogP contribution in [0, 0.1) is 7.14 Å². The zero-order chi connectivity index (χ0) is 13.9. The first kappa shape index (κ1) is 13.8. The molecular formula is C14H10I2N4. The van der Waals surface area contributed by atoms with Crippen LogP contribution >= 0.6 is 45.2 Å². The Bertz CT molecular complexity index is 663. The van der Waals surface area contributed by atoms with Crippen molar-refractivity contribution in [3.8, 4) is 0 Å². The third kappa shape index (κ3) is 2.80. The van der Waals surface area contributed by atoms with Crippen molar-refractivity contribution in [2.24, 2.45) is 10.3 Å². The highest BCUT2D eigenvalue weighted by atomic mass is 127. The molecule has 6 heteroatoms. The van der Waals surface area contributed by atoms with Crippen molar-refractivity contribution < 1.29 is 0 Å². The van der Waals surface area contributed by atoms with Crippen molar-refractivity contribution in [3.05, 3.63) is 67.4 Å². The first-order chi connectivity index (χ1) is 9.75. The minimum absolute atomic E-state index is 0.822. The predicted molar refractivity (Wildman–Crippen MR) is 96.8 cm³/mol. The SMILES string of the molecule is Ic1cccc(I)c1N1N=NC(c2ccccc2)=CN1. The summed E-state index contributed by atoms with van der Waals surface area (Å²) in [5.74, 6) is 0. The van der Waals surface area contributed by atoms with Gasteiger partial charge in [0.15, 0.2) is 0 Å². The van der Waals surface area contributed by atoms with E-state index >= 15 is 0 Å². The Morgan fingerprint density at radius 3 is 2.20 bits per heavy atom. The molecule has 0 aliphatic carbocycles. The zero-order valence-corrected chi connectivity index (χ0v) is 14.6. The lowest BCUT2D eigenvalue weighted by Crippen LogP contribution is -2.32.